The molecule has 7 heteroatoms. The molecule has 1 aromatic rings. The normalized spacial score (nSPS) is 19.7. The molecule has 2 rings (SSSR count). The highest BCUT2D eigenvalue weighted by Gasteiger charge is 2.39. The number of rotatable bonds is 5. The minimum atomic E-state index is -3.08. The molecule has 6 nitrogen and oxygen atoms in total. The van der Waals surface area contributed by atoms with Crippen LogP contribution < -0.4 is 10.6 Å². The summed E-state index contributed by atoms with van der Waals surface area (Å²) >= 11 is 0. The Hall–Kier alpha value is -1.89. The van der Waals surface area contributed by atoms with Crippen LogP contribution in [0.5, 0.6) is 0 Å². The average molecular weight is 352 g/mol. The van der Waals surface area contributed by atoms with E-state index in [1.807, 2.05) is 19.1 Å². The topological polar surface area (TPSA) is 92.3 Å². The summed E-state index contributed by atoms with van der Waals surface area (Å²) in [7, 11) is -3.08. The number of nitrogens with one attached hydrogen (secondary N) is 2. The number of benzene rings is 1. The molecule has 24 heavy (non-hydrogen) atoms. The van der Waals surface area contributed by atoms with Crippen LogP contribution in [0.15, 0.2) is 24.3 Å². The molecule has 0 spiro atoms. The summed E-state index contributed by atoms with van der Waals surface area (Å²) in [5.74, 6) is -0.874. The number of carbonyl (C=O) groups is 2. The minimum absolute atomic E-state index is 0.0606. The average Bonchev–Trinajstić information content (AvgIpc) is 2.86. The van der Waals surface area contributed by atoms with Gasteiger partial charge in [-0.15, -0.1) is 0 Å². The number of hydrogen-bond acceptors (Lipinski definition) is 4. The van der Waals surface area contributed by atoms with Crippen molar-refractivity contribution in [2.24, 2.45) is 5.41 Å². The third-order valence-electron chi connectivity index (χ3n) is 4.32. The zero-order valence-electron chi connectivity index (χ0n) is 14.3. The van der Waals surface area contributed by atoms with Crippen LogP contribution in [0.1, 0.15) is 32.8 Å². The second kappa shape index (κ2) is 6.93. The van der Waals surface area contributed by atoms with Crippen molar-refractivity contribution in [3.63, 3.8) is 0 Å². The third-order valence-corrected chi connectivity index (χ3v) is 6.09. The smallest absolute Gasteiger partial charge is 0.239 e. The molecule has 1 atom stereocenters. The molecule has 0 bridgehead atoms. The monoisotopic (exact) mass is 352 g/mol. The number of aryl methyl sites for hydroxylation is 1. The van der Waals surface area contributed by atoms with Gasteiger partial charge in [0.25, 0.3) is 0 Å². The van der Waals surface area contributed by atoms with E-state index >= 15 is 0 Å². The van der Waals surface area contributed by atoms with Gasteiger partial charge >= 0.3 is 0 Å². The van der Waals surface area contributed by atoms with E-state index in [0.717, 1.165) is 12.0 Å². The number of anilines is 1. The molecule has 0 radical (unpaired) electrons. The van der Waals surface area contributed by atoms with E-state index in [4.69, 9.17) is 0 Å². The summed E-state index contributed by atoms with van der Waals surface area (Å²) in [5.41, 5.74) is 0.490. The van der Waals surface area contributed by atoms with Crippen molar-refractivity contribution in [2.75, 3.05) is 16.8 Å². The van der Waals surface area contributed by atoms with Crippen LogP contribution >= 0.6 is 0 Å². The molecule has 0 aliphatic carbocycles. The fourth-order valence-electron chi connectivity index (χ4n) is 2.49. The van der Waals surface area contributed by atoms with Crippen molar-refractivity contribution in [3.05, 3.63) is 29.8 Å². The highest BCUT2D eigenvalue weighted by Crippen LogP contribution is 2.21. The summed E-state index contributed by atoms with van der Waals surface area (Å²) < 4.78 is 22.9. The first-order chi connectivity index (χ1) is 11.1. The van der Waals surface area contributed by atoms with Crippen molar-refractivity contribution in [1.82, 2.24) is 5.32 Å². The Bertz CT molecular complexity index is 723. The van der Waals surface area contributed by atoms with Gasteiger partial charge < -0.3 is 10.6 Å². The molecular weight excluding hydrogens is 328 g/mol. The first-order valence-electron chi connectivity index (χ1n) is 8.06. The SMILES string of the molecule is CCc1ccc(NC(=O)C(C)(C)C(=O)NC2CCS(=O)(=O)C2)cc1. The molecule has 1 heterocycles. The predicted molar refractivity (Wildman–Crippen MR) is 93.4 cm³/mol. The Labute approximate surface area is 142 Å². The number of hydrogen-bond donors (Lipinski definition) is 2. The van der Waals surface area contributed by atoms with Crippen molar-refractivity contribution in [2.45, 2.75) is 39.7 Å². The van der Waals surface area contributed by atoms with Crippen molar-refractivity contribution in [3.8, 4) is 0 Å². The molecule has 2 N–H and O–H groups in total. The van der Waals surface area contributed by atoms with Crippen molar-refractivity contribution < 1.29 is 18.0 Å². The predicted octanol–water partition coefficient (Wildman–Crippen LogP) is 1.52. The molecule has 1 unspecified atom stereocenters. The third kappa shape index (κ3) is 4.35. The fraction of sp³-hybridized carbons (Fsp3) is 0.529. The lowest BCUT2D eigenvalue weighted by molar-refractivity contribution is -0.138. The lowest BCUT2D eigenvalue weighted by Gasteiger charge is -2.24. The van der Waals surface area contributed by atoms with E-state index in [-0.39, 0.29) is 11.5 Å². The zero-order valence-corrected chi connectivity index (χ0v) is 15.1. The molecule has 1 aliphatic rings. The zero-order chi connectivity index (χ0) is 18.0. The Morgan fingerprint density at radius 1 is 1.17 bits per heavy atom. The van der Waals surface area contributed by atoms with Crippen LogP contribution in [0.4, 0.5) is 5.69 Å². The van der Waals surface area contributed by atoms with Gasteiger partial charge in [0.2, 0.25) is 11.8 Å². The summed E-state index contributed by atoms with van der Waals surface area (Å²) in [6.45, 7) is 5.10. The molecule has 0 aromatic heterocycles. The van der Waals surface area contributed by atoms with Crippen LogP contribution in [0.2, 0.25) is 0 Å². The Kier molecular flexibility index (Phi) is 5.32. The van der Waals surface area contributed by atoms with Gasteiger partial charge in [-0.25, -0.2) is 8.42 Å². The standard InChI is InChI=1S/C17H24N2O4S/c1-4-12-5-7-13(8-6-12)18-15(20)17(2,3)16(21)19-14-9-10-24(22,23)11-14/h5-8,14H,4,9-11H2,1-3H3,(H,18,20)(H,19,21). The highest BCUT2D eigenvalue weighted by molar-refractivity contribution is 7.91. The Morgan fingerprint density at radius 2 is 1.79 bits per heavy atom. The van der Waals surface area contributed by atoms with Gasteiger partial charge in [-0.2, -0.15) is 0 Å². The van der Waals surface area contributed by atoms with E-state index in [2.05, 4.69) is 10.6 Å². The van der Waals surface area contributed by atoms with Gasteiger partial charge in [-0.1, -0.05) is 19.1 Å². The van der Waals surface area contributed by atoms with E-state index in [1.54, 1.807) is 12.1 Å². The van der Waals surface area contributed by atoms with Crippen molar-refractivity contribution >= 4 is 27.3 Å². The lowest BCUT2D eigenvalue weighted by Crippen LogP contribution is -2.48. The Balaban J connectivity index is 1.99. The van der Waals surface area contributed by atoms with Crippen LogP contribution in [-0.2, 0) is 25.8 Å². The maximum atomic E-state index is 12.4. The van der Waals surface area contributed by atoms with E-state index in [9.17, 15) is 18.0 Å². The molecule has 0 saturated carbocycles. The van der Waals surface area contributed by atoms with Crippen LogP contribution in [0.3, 0.4) is 0 Å². The summed E-state index contributed by atoms with van der Waals surface area (Å²) in [6, 6.07) is 7.03. The summed E-state index contributed by atoms with van der Waals surface area (Å²) in [6.07, 6.45) is 1.30. The highest BCUT2D eigenvalue weighted by atomic mass is 32.2. The van der Waals surface area contributed by atoms with Gasteiger partial charge in [0.05, 0.1) is 11.5 Å². The van der Waals surface area contributed by atoms with Crippen LogP contribution in [0.25, 0.3) is 0 Å². The fourth-order valence-corrected chi connectivity index (χ4v) is 4.16. The first-order valence-corrected chi connectivity index (χ1v) is 9.88. The van der Waals surface area contributed by atoms with E-state index < -0.39 is 33.1 Å². The lowest BCUT2D eigenvalue weighted by atomic mass is 9.90. The largest absolute Gasteiger partial charge is 0.351 e. The molecule has 1 saturated heterocycles. The molecule has 1 aliphatic heterocycles. The molecule has 1 aromatic carbocycles. The molecule has 1 fully saturated rings. The minimum Gasteiger partial charge on any atom is -0.351 e. The maximum Gasteiger partial charge on any atom is 0.239 e. The van der Waals surface area contributed by atoms with Gasteiger partial charge in [0.1, 0.15) is 5.41 Å². The van der Waals surface area contributed by atoms with E-state index in [0.29, 0.717) is 12.1 Å². The first kappa shape index (κ1) is 18.4. The van der Waals surface area contributed by atoms with Gasteiger partial charge in [0, 0.05) is 11.7 Å². The molecular formula is C17H24N2O4S. The maximum absolute atomic E-state index is 12.4. The van der Waals surface area contributed by atoms with Crippen molar-refractivity contribution in [1.29, 1.82) is 0 Å². The van der Waals surface area contributed by atoms with Gasteiger partial charge in [-0.05, 0) is 44.4 Å². The molecule has 132 valence electrons. The number of amides is 2. The second-order valence-corrected chi connectivity index (χ2v) is 8.93. The van der Waals surface area contributed by atoms with Crippen LogP contribution in [-0.4, -0.2) is 37.8 Å². The van der Waals surface area contributed by atoms with Crippen LogP contribution in [0, 0.1) is 5.41 Å². The van der Waals surface area contributed by atoms with Gasteiger partial charge in [0.15, 0.2) is 9.84 Å². The van der Waals surface area contributed by atoms with E-state index in [1.165, 1.54) is 13.8 Å². The Morgan fingerprint density at radius 3 is 2.29 bits per heavy atom. The summed E-state index contributed by atoms with van der Waals surface area (Å²) in [4.78, 5) is 24.8. The van der Waals surface area contributed by atoms with Gasteiger partial charge in [-0.3, -0.25) is 9.59 Å². The second-order valence-electron chi connectivity index (χ2n) is 6.70. The molecule has 2 amide bonds. The number of sulfone groups is 1. The summed E-state index contributed by atoms with van der Waals surface area (Å²) in [5, 5.41) is 5.42. The quantitative estimate of drug-likeness (QED) is 0.786. The number of carbonyl (C=O) groups excluding carboxylic acids is 2.